The molecule has 2 rings (SSSR count). The lowest BCUT2D eigenvalue weighted by Crippen LogP contribution is -2.57. The van der Waals surface area contributed by atoms with Crippen LogP contribution in [0.15, 0.2) is 4.99 Å². The predicted octanol–water partition coefficient (Wildman–Crippen LogP) is 0.846. The van der Waals surface area contributed by atoms with Crippen LogP contribution in [0.25, 0.3) is 0 Å². The van der Waals surface area contributed by atoms with Crippen LogP contribution in [0.3, 0.4) is 0 Å². The Morgan fingerprint density at radius 3 is 2.13 bits per heavy atom. The van der Waals surface area contributed by atoms with E-state index in [1.54, 1.807) is 0 Å². The zero-order valence-corrected chi connectivity index (χ0v) is 15.2. The summed E-state index contributed by atoms with van der Waals surface area (Å²) in [5.41, 5.74) is 0. The molecular weight excluding hydrogens is 290 g/mol. The van der Waals surface area contributed by atoms with Crippen molar-refractivity contribution in [3.63, 3.8) is 0 Å². The number of guanidine groups is 1. The third kappa shape index (κ3) is 4.83. The lowest BCUT2D eigenvalue weighted by molar-refractivity contribution is -0.135. The van der Waals surface area contributed by atoms with E-state index in [9.17, 15) is 4.79 Å². The average molecular weight is 323 g/mol. The molecule has 1 atom stereocenters. The molecule has 132 valence electrons. The van der Waals surface area contributed by atoms with Gasteiger partial charge in [-0.15, -0.1) is 0 Å². The highest BCUT2D eigenvalue weighted by atomic mass is 16.2. The summed E-state index contributed by atoms with van der Waals surface area (Å²) >= 11 is 0. The van der Waals surface area contributed by atoms with Gasteiger partial charge in [0.25, 0.3) is 0 Å². The van der Waals surface area contributed by atoms with E-state index in [0.717, 1.165) is 64.6 Å². The fourth-order valence-corrected chi connectivity index (χ4v) is 3.31. The molecule has 1 amide bonds. The van der Waals surface area contributed by atoms with Crippen LogP contribution < -0.4 is 5.32 Å². The molecule has 2 heterocycles. The van der Waals surface area contributed by atoms with Gasteiger partial charge < -0.3 is 15.1 Å². The van der Waals surface area contributed by atoms with Gasteiger partial charge in [0.2, 0.25) is 5.91 Å². The van der Waals surface area contributed by atoms with Crippen molar-refractivity contribution in [1.82, 2.24) is 20.0 Å². The Bertz CT molecular complexity index is 409. The number of carbonyl (C=O) groups excluding carboxylic acids is 1. The normalized spacial score (nSPS) is 21.9. The van der Waals surface area contributed by atoms with Crippen LogP contribution >= 0.6 is 0 Å². The largest absolute Gasteiger partial charge is 0.356 e. The number of hydrogen-bond donors (Lipinski definition) is 1. The molecule has 1 N–H and O–H groups in total. The van der Waals surface area contributed by atoms with Gasteiger partial charge in [-0.2, -0.15) is 0 Å². The van der Waals surface area contributed by atoms with Crippen molar-refractivity contribution in [2.24, 2.45) is 10.9 Å². The second kappa shape index (κ2) is 8.52. The maximum absolute atomic E-state index is 12.5. The molecule has 0 aromatic heterocycles. The lowest BCUT2D eigenvalue weighted by Gasteiger charge is -2.39. The second-order valence-corrected chi connectivity index (χ2v) is 7.05. The molecule has 0 radical (unpaired) electrons. The molecule has 2 fully saturated rings. The van der Waals surface area contributed by atoms with Crippen LogP contribution in [0.2, 0.25) is 0 Å². The Morgan fingerprint density at radius 2 is 1.61 bits per heavy atom. The molecule has 2 saturated heterocycles. The predicted molar refractivity (Wildman–Crippen MR) is 94.6 cm³/mol. The molecule has 2 aliphatic heterocycles. The zero-order valence-electron chi connectivity index (χ0n) is 15.2. The molecule has 0 aromatic rings. The highest BCUT2D eigenvalue weighted by Gasteiger charge is 2.30. The standard InChI is InChI=1S/C17H33N5O/c1-14(2)13-19-17(18-4)22-11-9-20(10-12-22)15(3)16(23)21-7-5-6-8-21/h14-15H,5-13H2,1-4H3,(H,18,19). The fourth-order valence-electron chi connectivity index (χ4n) is 3.31. The lowest BCUT2D eigenvalue weighted by atomic mass is 10.2. The average Bonchev–Trinajstić information content (AvgIpc) is 3.09. The number of hydrogen-bond acceptors (Lipinski definition) is 3. The van der Waals surface area contributed by atoms with Crippen molar-refractivity contribution in [3.8, 4) is 0 Å². The Labute approximate surface area is 140 Å². The molecule has 0 aliphatic carbocycles. The molecule has 6 nitrogen and oxygen atoms in total. The van der Waals surface area contributed by atoms with E-state index in [-0.39, 0.29) is 6.04 Å². The molecule has 6 heteroatoms. The van der Waals surface area contributed by atoms with Gasteiger partial charge in [0, 0.05) is 52.9 Å². The number of carbonyl (C=O) groups is 1. The summed E-state index contributed by atoms with van der Waals surface area (Å²) in [5, 5.41) is 3.43. The van der Waals surface area contributed by atoms with Crippen LogP contribution in [0.1, 0.15) is 33.6 Å². The minimum atomic E-state index is 0.000823. The topological polar surface area (TPSA) is 51.2 Å². The Kier molecular flexibility index (Phi) is 6.69. The molecule has 0 saturated carbocycles. The fraction of sp³-hybridized carbons (Fsp3) is 0.882. The Balaban J connectivity index is 1.81. The summed E-state index contributed by atoms with van der Waals surface area (Å²) in [4.78, 5) is 23.6. The van der Waals surface area contributed by atoms with E-state index in [4.69, 9.17) is 0 Å². The number of amides is 1. The SMILES string of the molecule is CN=C(NCC(C)C)N1CCN(C(C)C(=O)N2CCCC2)CC1. The Morgan fingerprint density at radius 1 is 1.00 bits per heavy atom. The smallest absolute Gasteiger partial charge is 0.239 e. The van der Waals surface area contributed by atoms with Crippen molar-refractivity contribution in [1.29, 1.82) is 0 Å². The molecule has 0 aromatic carbocycles. The Hall–Kier alpha value is -1.30. The van der Waals surface area contributed by atoms with Crippen molar-refractivity contribution >= 4 is 11.9 Å². The first-order valence-corrected chi connectivity index (χ1v) is 9.01. The summed E-state index contributed by atoms with van der Waals surface area (Å²) < 4.78 is 0. The third-order valence-corrected chi connectivity index (χ3v) is 4.82. The summed E-state index contributed by atoms with van der Waals surface area (Å²) in [6.07, 6.45) is 2.31. The second-order valence-electron chi connectivity index (χ2n) is 7.05. The van der Waals surface area contributed by atoms with Gasteiger partial charge >= 0.3 is 0 Å². The summed E-state index contributed by atoms with van der Waals surface area (Å²) in [6, 6.07) is 0.000823. The van der Waals surface area contributed by atoms with Crippen molar-refractivity contribution < 1.29 is 4.79 Å². The molecular formula is C17H33N5O. The van der Waals surface area contributed by atoms with E-state index >= 15 is 0 Å². The number of piperazine rings is 1. The van der Waals surface area contributed by atoms with Gasteiger partial charge in [0.15, 0.2) is 5.96 Å². The van der Waals surface area contributed by atoms with E-state index in [0.29, 0.717) is 11.8 Å². The van der Waals surface area contributed by atoms with E-state index < -0.39 is 0 Å². The van der Waals surface area contributed by atoms with E-state index in [2.05, 4.69) is 40.9 Å². The highest BCUT2D eigenvalue weighted by Crippen LogP contribution is 2.14. The van der Waals surface area contributed by atoms with Gasteiger partial charge in [0.05, 0.1) is 6.04 Å². The van der Waals surface area contributed by atoms with Gasteiger partial charge in [-0.1, -0.05) is 13.8 Å². The maximum atomic E-state index is 12.5. The molecule has 0 bridgehead atoms. The minimum Gasteiger partial charge on any atom is -0.356 e. The van der Waals surface area contributed by atoms with Gasteiger partial charge in [0.1, 0.15) is 0 Å². The number of aliphatic imine (C=N–C) groups is 1. The van der Waals surface area contributed by atoms with Crippen molar-refractivity contribution in [3.05, 3.63) is 0 Å². The van der Waals surface area contributed by atoms with Gasteiger partial charge in [-0.05, 0) is 25.7 Å². The zero-order chi connectivity index (χ0) is 16.8. The van der Waals surface area contributed by atoms with E-state index in [1.807, 2.05) is 11.9 Å². The van der Waals surface area contributed by atoms with Gasteiger partial charge in [-0.25, -0.2) is 0 Å². The number of likely N-dealkylation sites (tertiary alicyclic amines) is 1. The van der Waals surface area contributed by atoms with Gasteiger partial charge in [-0.3, -0.25) is 14.7 Å². The van der Waals surface area contributed by atoms with Crippen LogP contribution in [0, 0.1) is 5.92 Å². The quantitative estimate of drug-likeness (QED) is 0.615. The first-order chi connectivity index (χ1) is 11.0. The summed E-state index contributed by atoms with van der Waals surface area (Å²) in [6.45, 7) is 13.0. The van der Waals surface area contributed by atoms with Crippen LogP contribution in [-0.2, 0) is 4.79 Å². The van der Waals surface area contributed by atoms with Crippen molar-refractivity contribution in [2.45, 2.75) is 39.7 Å². The highest BCUT2D eigenvalue weighted by molar-refractivity contribution is 5.82. The first-order valence-electron chi connectivity index (χ1n) is 9.01. The number of nitrogens with zero attached hydrogens (tertiary/aromatic N) is 4. The first kappa shape index (κ1) is 18.0. The minimum absolute atomic E-state index is 0.000823. The third-order valence-electron chi connectivity index (χ3n) is 4.82. The number of rotatable bonds is 4. The van der Waals surface area contributed by atoms with Crippen LogP contribution in [-0.4, -0.2) is 85.5 Å². The van der Waals surface area contributed by atoms with Crippen molar-refractivity contribution in [2.75, 3.05) is 52.9 Å². The molecule has 23 heavy (non-hydrogen) atoms. The van der Waals surface area contributed by atoms with Crippen LogP contribution in [0.5, 0.6) is 0 Å². The number of nitrogens with one attached hydrogen (secondary N) is 1. The van der Waals surface area contributed by atoms with E-state index in [1.165, 1.54) is 0 Å². The summed E-state index contributed by atoms with van der Waals surface area (Å²) in [5.74, 6) is 1.89. The monoisotopic (exact) mass is 323 g/mol. The summed E-state index contributed by atoms with van der Waals surface area (Å²) in [7, 11) is 1.84. The molecule has 0 spiro atoms. The molecule has 2 aliphatic rings. The van der Waals surface area contributed by atoms with Crippen LogP contribution in [0.4, 0.5) is 0 Å². The molecule has 1 unspecified atom stereocenters. The maximum Gasteiger partial charge on any atom is 0.239 e.